The maximum Gasteiger partial charge on any atom is 0.293 e. The molecule has 1 unspecified atom stereocenters. The minimum absolute atomic E-state index is 0.0835. The summed E-state index contributed by atoms with van der Waals surface area (Å²) in [4.78, 5) is 28.3. The lowest BCUT2D eigenvalue weighted by Crippen LogP contribution is -2.46. The number of fused-ring (bicyclic) bond motifs is 1. The molecule has 1 fully saturated rings. The van der Waals surface area contributed by atoms with Crippen LogP contribution < -0.4 is 14.9 Å². The highest BCUT2D eigenvalue weighted by molar-refractivity contribution is 7.99. The van der Waals surface area contributed by atoms with Gasteiger partial charge in [-0.2, -0.15) is 0 Å². The van der Waals surface area contributed by atoms with Gasteiger partial charge in [-0.25, -0.2) is 18.4 Å². The van der Waals surface area contributed by atoms with Crippen LogP contribution in [-0.2, 0) is 16.6 Å². The van der Waals surface area contributed by atoms with Crippen LogP contribution in [0, 0.1) is 10.1 Å². The normalized spacial score (nSPS) is 14.0. The van der Waals surface area contributed by atoms with Crippen LogP contribution in [0.15, 0.2) is 131 Å². The van der Waals surface area contributed by atoms with E-state index < -0.39 is 14.9 Å². The standard InChI is InChI=1S/C45H49ClN8O4S2/c1-51(2)22-10-9-13-36(31-59-38-14-7-4-8-15-38)49-42-21-18-39(29-44(42)54(55)56)60(57,58)50-45-41-20-17-37(28-43(41)47-32-48-45)53-25-23-52(24-26-53)30-34-27-35(46)16-19-40(34)33-11-5-3-6-12-33/h3-8,11-12,14-21,27-29,32,36,49H,9-10,13,22-26,30-31H2,1-2H3,(H,47,48,50). The molecule has 1 aliphatic heterocycles. The number of nitro groups is 1. The fraction of sp³-hybridized carbons (Fsp3) is 0.289. The predicted octanol–water partition coefficient (Wildman–Crippen LogP) is 9.29. The molecule has 2 heterocycles. The summed E-state index contributed by atoms with van der Waals surface area (Å²) in [5.74, 6) is 0.774. The Labute approximate surface area is 361 Å². The average molecular weight is 866 g/mol. The van der Waals surface area contributed by atoms with Crippen LogP contribution in [0.2, 0.25) is 5.02 Å². The number of sulfonamides is 1. The van der Waals surface area contributed by atoms with E-state index in [-0.39, 0.29) is 28.1 Å². The third kappa shape index (κ3) is 11.1. The summed E-state index contributed by atoms with van der Waals surface area (Å²) >= 11 is 8.11. The molecule has 6 aromatic rings. The summed E-state index contributed by atoms with van der Waals surface area (Å²) < 4.78 is 30.2. The Balaban J connectivity index is 1.02. The van der Waals surface area contributed by atoms with E-state index in [0.717, 1.165) is 85.8 Å². The fourth-order valence-electron chi connectivity index (χ4n) is 7.41. The number of unbranched alkanes of at least 4 members (excludes halogenated alkanes) is 1. The molecule has 60 heavy (non-hydrogen) atoms. The quantitative estimate of drug-likeness (QED) is 0.0370. The second-order valence-electron chi connectivity index (χ2n) is 15.2. The molecule has 0 saturated carbocycles. The molecule has 5 aromatic carbocycles. The molecule has 312 valence electrons. The van der Waals surface area contributed by atoms with E-state index in [0.29, 0.717) is 16.7 Å². The lowest BCUT2D eigenvalue weighted by Gasteiger charge is -2.36. The summed E-state index contributed by atoms with van der Waals surface area (Å²) in [6, 6.07) is 36.0. The molecule has 12 nitrogen and oxygen atoms in total. The van der Waals surface area contributed by atoms with Crippen LogP contribution in [0.5, 0.6) is 0 Å². The van der Waals surface area contributed by atoms with Crippen LogP contribution >= 0.6 is 23.4 Å². The number of halogens is 1. The first kappa shape index (κ1) is 42.9. The van der Waals surface area contributed by atoms with Crippen LogP contribution in [-0.4, -0.2) is 91.7 Å². The maximum absolute atomic E-state index is 13.8. The summed E-state index contributed by atoms with van der Waals surface area (Å²) in [6.45, 7) is 5.01. The van der Waals surface area contributed by atoms with Gasteiger partial charge in [0.25, 0.3) is 15.7 Å². The Morgan fingerprint density at radius 3 is 2.37 bits per heavy atom. The molecule has 0 spiro atoms. The Bertz CT molecular complexity index is 2510. The molecule has 7 rings (SSSR count). The van der Waals surface area contributed by atoms with Crippen molar-refractivity contribution in [1.29, 1.82) is 0 Å². The maximum atomic E-state index is 13.8. The number of anilines is 3. The van der Waals surface area contributed by atoms with Gasteiger partial charge in [0.2, 0.25) is 0 Å². The van der Waals surface area contributed by atoms with Crippen LogP contribution in [0.4, 0.5) is 22.9 Å². The molecule has 0 bridgehead atoms. The van der Waals surface area contributed by atoms with E-state index in [4.69, 9.17) is 11.6 Å². The minimum atomic E-state index is -4.27. The molecule has 0 aliphatic carbocycles. The lowest BCUT2D eigenvalue weighted by molar-refractivity contribution is -0.384. The van der Waals surface area contributed by atoms with Crippen molar-refractivity contribution < 1.29 is 13.3 Å². The summed E-state index contributed by atoms with van der Waals surface area (Å²) in [7, 11) is -0.199. The topological polar surface area (TPSA) is 137 Å². The Morgan fingerprint density at radius 1 is 0.883 bits per heavy atom. The average Bonchev–Trinajstić information content (AvgIpc) is 3.25. The van der Waals surface area contributed by atoms with Crippen molar-refractivity contribution in [3.05, 3.63) is 142 Å². The van der Waals surface area contributed by atoms with Gasteiger partial charge in [-0.1, -0.05) is 72.6 Å². The van der Waals surface area contributed by atoms with Crippen molar-refractivity contribution in [2.45, 2.75) is 41.6 Å². The molecule has 1 aliphatic rings. The molecule has 15 heteroatoms. The summed E-state index contributed by atoms with van der Waals surface area (Å²) in [6.07, 6.45) is 4.04. The third-order valence-corrected chi connectivity index (χ3v) is 13.3. The molecular formula is C45H49ClN8O4S2. The number of nitrogens with zero attached hydrogens (tertiary/aromatic N) is 6. The van der Waals surface area contributed by atoms with Crippen molar-refractivity contribution in [1.82, 2.24) is 19.8 Å². The van der Waals surface area contributed by atoms with Gasteiger partial charge >= 0.3 is 0 Å². The lowest BCUT2D eigenvalue weighted by atomic mass is 9.99. The first-order chi connectivity index (χ1) is 29.0. The Hall–Kier alpha value is -5.25. The number of thioether (sulfide) groups is 1. The summed E-state index contributed by atoms with van der Waals surface area (Å²) in [5, 5.41) is 17.0. The van der Waals surface area contributed by atoms with Gasteiger partial charge in [-0.15, -0.1) is 11.8 Å². The van der Waals surface area contributed by atoms with Gasteiger partial charge in [0.1, 0.15) is 12.0 Å². The number of hydrogen-bond acceptors (Lipinski definition) is 11. The summed E-state index contributed by atoms with van der Waals surface area (Å²) in [5.41, 5.74) is 5.02. The highest BCUT2D eigenvalue weighted by Crippen LogP contribution is 2.33. The number of piperazine rings is 1. The second-order valence-corrected chi connectivity index (χ2v) is 18.4. The number of aromatic nitrogens is 2. The van der Waals surface area contributed by atoms with Gasteiger partial charge in [-0.3, -0.25) is 19.7 Å². The van der Waals surface area contributed by atoms with Crippen LogP contribution in [0.3, 0.4) is 0 Å². The van der Waals surface area contributed by atoms with Gasteiger partial charge in [-0.05, 0) is 105 Å². The zero-order valence-corrected chi connectivity index (χ0v) is 36.1. The zero-order valence-electron chi connectivity index (χ0n) is 33.7. The number of rotatable bonds is 18. The fourth-order valence-corrected chi connectivity index (χ4v) is 9.65. The highest BCUT2D eigenvalue weighted by Gasteiger charge is 2.25. The van der Waals surface area contributed by atoms with Gasteiger partial charge < -0.3 is 15.1 Å². The van der Waals surface area contributed by atoms with Crippen molar-refractivity contribution in [2.75, 3.05) is 67.5 Å². The SMILES string of the molecule is CN(C)CCCCC(CSc1ccccc1)Nc1ccc(S(=O)(=O)Nc2ncnc3cc(N4CCN(Cc5cc(Cl)ccc5-c5ccccc5)CC4)ccc23)cc1[N+](=O)[O-]. The van der Waals surface area contributed by atoms with E-state index >= 15 is 0 Å². The van der Waals surface area contributed by atoms with Crippen LogP contribution in [0.25, 0.3) is 22.0 Å². The van der Waals surface area contributed by atoms with Crippen molar-refractivity contribution in [2.24, 2.45) is 0 Å². The smallest absolute Gasteiger partial charge is 0.293 e. The molecular weight excluding hydrogens is 816 g/mol. The largest absolute Gasteiger partial charge is 0.376 e. The Morgan fingerprint density at radius 2 is 1.63 bits per heavy atom. The molecule has 0 amide bonds. The molecule has 2 N–H and O–H groups in total. The van der Waals surface area contributed by atoms with E-state index in [9.17, 15) is 18.5 Å². The predicted molar refractivity (Wildman–Crippen MR) is 245 cm³/mol. The number of nitrogens with one attached hydrogen (secondary N) is 2. The molecule has 1 saturated heterocycles. The molecule has 0 radical (unpaired) electrons. The van der Waals surface area contributed by atoms with E-state index in [1.807, 2.05) is 86.9 Å². The molecule has 1 atom stereocenters. The number of nitro benzene ring substituents is 1. The first-order valence-electron chi connectivity index (χ1n) is 20.0. The first-order valence-corrected chi connectivity index (χ1v) is 22.8. The molecule has 1 aromatic heterocycles. The van der Waals surface area contributed by atoms with Gasteiger partial charge in [0.05, 0.1) is 15.3 Å². The van der Waals surface area contributed by atoms with Crippen LogP contribution in [0.1, 0.15) is 24.8 Å². The van der Waals surface area contributed by atoms with E-state index in [1.165, 1.54) is 29.6 Å². The van der Waals surface area contributed by atoms with Gasteiger partial charge in [0, 0.05) is 71.6 Å². The third-order valence-electron chi connectivity index (χ3n) is 10.6. The van der Waals surface area contributed by atoms with Gasteiger partial charge in [0.15, 0.2) is 5.82 Å². The zero-order chi connectivity index (χ0) is 42.1. The monoisotopic (exact) mass is 864 g/mol. The van der Waals surface area contributed by atoms with E-state index in [1.54, 1.807) is 11.8 Å². The van der Waals surface area contributed by atoms with Crippen molar-refractivity contribution >= 4 is 67.2 Å². The van der Waals surface area contributed by atoms with E-state index in [2.05, 4.69) is 59.0 Å². The highest BCUT2D eigenvalue weighted by atomic mass is 35.5. The number of benzene rings is 5. The second kappa shape index (κ2) is 19.9. The number of hydrogen-bond donors (Lipinski definition) is 2. The Kier molecular flexibility index (Phi) is 14.2. The minimum Gasteiger partial charge on any atom is -0.376 e. The van der Waals surface area contributed by atoms with Crippen molar-refractivity contribution in [3.63, 3.8) is 0 Å². The van der Waals surface area contributed by atoms with Crippen molar-refractivity contribution in [3.8, 4) is 11.1 Å².